The Morgan fingerprint density at radius 2 is 2.11 bits per heavy atom. The second kappa shape index (κ2) is 6.75. The molecule has 1 saturated carbocycles. The summed E-state index contributed by atoms with van der Waals surface area (Å²) >= 11 is 0. The minimum absolute atomic E-state index is 0.0109. The first-order valence-electron chi connectivity index (χ1n) is 10.3. The standard InChI is InChI=1S/C23H26N2O2/c1-2-15-14-25-12-10-17(15)13-21(25)22(27-23(26)16-7-8-16)19-9-11-24-20-6-4-3-5-18(19)20/h2-6,9,11,15-17,21-22H,1,7-8,10,12-14H2/p+1/t15-,17+,21+,22+/m0/s1. The Bertz CT molecular complexity index is 870. The van der Waals surface area contributed by atoms with E-state index in [1.165, 1.54) is 13.0 Å². The van der Waals surface area contributed by atoms with E-state index in [2.05, 4.69) is 29.8 Å². The van der Waals surface area contributed by atoms with Gasteiger partial charge in [-0.2, -0.15) is 0 Å². The zero-order valence-electron chi connectivity index (χ0n) is 15.6. The predicted molar refractivity (Wildman–Crippen MR) is 104 cm³/mol. The van der Waals surface area contributed by atoms with E-state index in [-0.39, 0.29) is 18.0 Å². The number of aromatic nitrogens is 1. The predicted octanol–water partition coefficient (Wildman–Crippen LogP) is 2.71. The molecule has 0 radical (unpaired) electrons. The molecule has 4 heterocycles. The number of ether oxygens (including phenoxy) is 1. The van der Waals surface area contributed by atoms with Crippen molar-refractivity contribution >= 4 is 16.9 Å². The quantitative estimate of drug-likeness (QED) is 0.656. The molecule has 1 N–H and O–H groups in total. The number of nitrogens with zero attached hydrogens (tertiary/aromatic N) is 1. The summed E-state index contributed by atoms with van der Waals surface area (Å²) in [6.45, 7) is 6.32. The van der Waals surface area contributed by atoms with Crippen LogP contribution >= 0.6 is 0 Å². The lowest BCUT2D eigenvalue weighted by atomic mass is 9.73. The molecule has 4 nitrogen and oxygen atoms in total. The summed E-state index contributed by atoms with van der Waals surface area (Å²) in [6.07, 6.45) is 8.11. The van der Waals surface area contributed by atoms with Crippen molar-refractivity contribution in [1.82, 2.24) is 4.98 Å². The lowest BCUT2D eigenvalue weighted by Crippen LogP contribution is -3.20. The second-order valence-corrected chi connectivity index (χ2v) is 8.45. The minimum Gasteiger partial charge on any atom is -0.451 e. The van der Waals surface area contributed by atoms with Gasteiger partial charge in [-0.05, 0) is 30.9 Å². The van der Waals surface area contributed by atoms with Crippen LogP contribution in [0.2, 0.25) is 0 Å². The van der Waals surface area contributed by atoms with Crippen molar-refractivity contribution in [2.75, 3.05) is 13.1 Å². The third-order valence-electron chi connectivity index (χ3n) is 6.83. The summed E-state index contributed by atoms with van der Waals surface area (Å²) in [5, 5.41) is 1.11. The number of fused-ring (bicyclic) bond motifs is 4. The molecule has 4 heteroatoms. The molecule has 1 aromatic carbocycles. The first-order chi connectivity index (χ1) is 13.2. The van der Waals surface area contributed by atoms with Crippen LogP contribution < -0.4 is 4.90 Å². The molecule has 3 saturated heterocycles. The lowest BCUT2D eigenvalue weighted by molar-refractivity contribution is -0.949. The van der Waals surface area contributed by atoms with Gasteiger partial charge in [0.2, 0.25) is 0 Å². The summed E-state index contributed by atoms with van der Waals surface area (Å²) in [5.41, 5.74) is 2.09. The van der Waals surface area contributed by atoms with Crippen molar-refractivity contribution in [3.63, 3.8) is 0 Å². The van der Waals surface area contributed by atoms with Crippen molar-refractivity contribution in [1.29, 1.82) is 0 Å². The Balaban J connectivity index is 1.53. The van der Waals surface area contributed by atoms with Gasteiger partial charge in [-0.25, -0.2) is 0 Å². The Morgan fingerprint density at radius 3 is 2.85 bits per heavy atom. The van der Waals surface area contributed by atoms with Gasteiger partial charge in [-0.15, -0.1) is 6.58 Å². The van der Waals surface area contributed by atoms with Crippen molar-refractivity contribution in [2.45, 2.75) is 37.8 Å². The van der Waals surface area contributed by atoms with Gasteiger partial charge >= 0.3 is 5.97 Å². The number of pyridine rings is 1. The SMILES string of the molecule is C=C[C@H]1C[NH+]2CC[C@@H]1C[C@@H]2[C@H](OC(=O)C1CC1)c1ccnc2ccccc12. The summed E-state index contributed by atoms with van der Waals surface area (Å²) in [5.74, 6) is 1.37. The first kappa shape index (κ1) is 16.9. The average Bonchev–Trinajstić information content (AvgIpc) is 3.57. The van der Waals surface area contributed by atoms with Gasteiger partial charge < -0.3 is 9.64 Å². The van der Waals surface area contributed by atoms with E-state index in [1.54, 1.807) is 4.90 Å². The fraction of sp³-hybridized carbons (Fsp3) is 0.478. The molecule has 2 bridgehead atoms. The van der Waals surface area contributed by atoms with Gasteiger partial charge in [-0.3, -0.25) is 9.78 Å². The third kappa shape index (κ3) is 3.06. The monoisotopic (exact) mass is 363 g/mol. The van der Waals surface area contributed by atoms with E-state index in [4.69, 9.17) is 4.74 Å². The molecule has 0 amide bonds. The highest BCUT2D eigenvalue weighted by atomic mass is 16.5. The molecule has 6 rings (SSSR count). The van der Waals surface area contributed by atoms with Crippen molar-refractivity contribution in [3.05, 3.63) is 54.7 Å². The molecular weight excluding hydrogens is 336 g/mol. The number of quaternary nitrogens is 1. The summed E-state index contributed by atoms with van der Waals surface area (Å²) in [4.78, 5) is 18.7. The highest BCUT2D eigenvalue weighted by Crippen LogP contribution is 2.38. The molecule has 0 spiro atoms. The molecule has 140 valence electrons. The van der Waals surface area contributed by atoms with Crippen LogP contribution in [0.3, 0.4) is 0 Å². The van der Waals surface area contributed by atoms with Crippen LogP contribution in [-0.2, 0) is 9.53 Å². The first-order valence-corrected chi connectivity index (χ1v) is 10.3. The number of hydrogen-bond acceptors (Lipinski definition) is 3. The van der Waals surface area contributed by atoms with Crippen LogP contribution in [0, 0.1) is 17.8 Å². The summed E-state index contributed by atoms with van der Waals surface area (Å²) < 4.78 is 6.22. The van der Waals surface area contributed by atoms with Gasteiger partial charge in [0.1, 0.15) is 6.04 Å². The fourth-order valence-electron chi connectivity index (χ4n) is 5.16. The van der Waals surface area contributed by atoms with Crippen molar-refractivity contribution in [2.24, 2.45) is 17.8 Å². The van der Waals surface area contributed by atoms with Crippen LogP contribution in [-0.4, -0.2) is 30.1 Å². The van der Waals surface area contributed by atoms with Gasteiger partial charge in [-0.1, -0.05) is 24.3 Å². The van der Waals surface area contributed by atoms with Gasteiger partial charge in [0.05, 0.1) is 24.5 Å². The molecule has 4 aliphatic rings. The van der Waals surface area contributed by atoms with E-state index >= 15 is 0 Å². The molecule has 5 atom stereocenters. The highest BCUT2D eigenvalue weighted by molar-refractivity contribution is 5.83. The van der Waals surface area contributed by atoms with Crippen LogP contribution in [0.25, 0.3) is 10.9 Å². The number of rotatable bonds is 5. The molecule has 1 unspecified atom stereocenters. The third-order valence-corrected chi connectivity index (χ3v) is 6.83. The van der Waals surface area contributed by atoms with Gasteiger partial charge in [0.15, 0.2) is 6.10 Å². The van der Waals surface area contributed by atoms with Gasteiger partial charge in [0.25, 0.3) is 0 Å². The maximum atomic E-state index is 12.6. The lowest BCUT2D eigenvalue weighted by Gasteiger charge is -2.48. The van der Waals surface area contributed by atoms with Gasteiger partial charge in [0, 0.05) is 35.9 Å². The van der Waals surface area contributed by atoms with E-state index in [0.29, 0.717) is 17.9 Å². The molecule has 4 fully saturated rings. The largest absolute Gasteiger partial charge is 0.451 e. The number of para-hydroxylation sites is 1. The molecule has 2 aromatic rings. The molecule has 1 aliphatic carbocycles. The van der Waals surface area contributed by atoms with Crippen LogP contribution in [0.5, 0.6) is 0 Å². The summed E-state index contributed by atoms with van der Waals surface area (Å²) in [6, 6.07) is 10.6. The molecule has 27 heavy (non-hydrogen) atoms. The zero-order valence-corrected chi connectivity index (χ0v) is 15.6. The maximum absolute atomic E-state index is 12.6. The van der Waals surface area contributed by atoms with Crippen LogP contribution in [0.1, 0.15) is 37.4 Å². The number of nitrogens with one attached hydrogen (secondary N) is 1. The zero-order chi connectivity index (χ0) is 18.4. The second-order valence-electron chi connectivity index (χ2n) is 8.45. The molecule has 3 aliphatic heterocycles. The molecular formula is C23H27N2O2+. The molecule has 1 aromatic heterocycles. The highest BCUT2D eigenvalue weighted by Gasteiger charge is 2.48. The number of carbonyl (C=O) groups is 1. The minimum atomic E-state index is -0.186. The van der Waals surface area contributed by atoms with Crippen molar-refractivity contribution < 1.29 is 14.4 Å². The number of benzene rings is 1. The van der Waals surface area contributed by atoms with Crippen LogP contribution in [0.4, 0.5) is 0 Å². The van der Waals surface area contributed by atoms with Crippen molar-refractivity contribution in [3.8, 4) is 0 Å². The smallest absolute Gasteiger partial charge is 0.309 e. The number of esters is 1. The van der Waals surface area contributed by atoms with E-state index in [0.717, 1.165) is 42.3 Å². The number of hydrogen-bond donors (Lipinski definition) is 1. The Hall–Kier alpha value is -2.20. The van der Waals surface area contributed by atoms with Crippen LogP contribution in [0.15, 0.2) is 49.2 Å². The Labute approximate surface area is 160 Å². The topological polar surface area (TPSA) is 43.6 Å². The number of piperidine rings is 3. The number of carbonyl (C=O) groups excluding carboxylic acids is 1. The normalized spacial score (nSPS) is 30.8. The van der Waals surface area contributed by atoms with E-state index in [1.807, 2.05) is 24.4 Å². The fourth-order valence-corrected chi connectivity index (χ4v) is 5.16. The maximum Gasteiger partial charge on any atom is 0.309 e. The average molecular weight is 363 g/mol. The Kier molecular flexibility index (Phi) is 4.24. The van der Waals surface area contributed by atoms with E-state index < -0.39 is 0 Å². The van der Waals surface area contributed by atoms with E-state index in [9.17, 15) is 4.79 Å². The summed E-state index contributed by atoms with van der Waals surface area (Å²) in [7, 11) is 0. The Morgan fingerprint density at radius 1 is 1.26 bits per heavy atom.